The van der Waals surface area contributed by atoms with Gasteiger partial charge in [0, 0.05) is 25.6 Å². The predicted octanol–water partition coefficient (Wildman–Crippen LogP) is -0.301. The molecule has 2 atom stereocenters. The van der Waals surface area contributed by atoms with Crippen LogP contribution in [0.5, 0.6) is 0 Å². The van der Waals surface area contributed by atoms with Gasteiger partial charge in [-0.25, -0.2) is 0 Å². The van der Waals surface area contributed by atoms with Crippen LogP contribution in [0.2, 0.25) is 0 Å². The van der Waals surface area contributed by atoms with E-state index in [9.17, 15) is 5.11 Å². The second kappa shape index (κ2) is 6.18. The highest BCUT2D eigenvalue weighted by Gasteiger charge is 2.30. The highest BCUT2D eigenvalue weighted by Crippen LogP contribution is 2.18. The number of hydrogen-bond acceptors (Lipinski definition) is 4. The number of β-amino-alcohol motifs (C(OH)–C–C–N with tert-alkyl or cyclic N) is 1. The van der Waals surface area contributed by atoms with Gasteiger partial charge in [-0.3, -0.25) is 10.3 Å². The largest absolute Gasteiger partial charge is 0.392 e. The highest BCUT2D eigenvalue weighted by atomic mass is 16.3. The molecule has 0 spiro atoms. The predicted molar refractivity (Wildman–Crippen MR) is 65.7 cm³/mol. The van der Waals surface area contributed by atoms with E-state index >= 15 is 0 Å². The molecule has 5 heteroatoms. The number of likely N-dealkylation sites (tertiary alicyclic amines) is 1. The van der Waals surface area contributed by atoms with E-state index in [2.05, 4.69) is 23.9 Å². The van der Waals surface area contributed by atoms with Gasteiger partial charge >= 0.3 is 0 Å². The van der Waals surface area contributed by atoms with Crippen molar-refractivity contribution in [3.05, 3.63) is 0 Å². The van der Waals surface area contributed by atoms with Gasteiger partial charge in [0.25, 0.3) is 0 Å². The number of rotatable bonds is 6. The molecule has 2 unspecified atom stereocenters. The van der Waals surface area contributed by atoms with E-state index in [-0.39, 0.29) is 11.9 Å². The average Bonchev–Trinajstić information content (AvgIpc) is 2.44. The molecular weight excluding hydrogens is 204 g/mol. The third kappa shape index (κ3) is 4.47. The van der Waals surface area contributed by atoms with Gasteiger partial charge in [-0.05, 0) is 33.5 Å². The van der Waals surface area contributed by atoms with E-state index in [0.29, 0.717) is 12.5 Å². The zero-order chi connectivity index (χ0) is 12.1. The fraction of sp³-hybridized carbons (Fsp3) is 0.909. The van der Waals surface area contributed by atoms with Crippen LogP contribution in [0.25, 0.3) is 0 Å². The first-order valence-corrected chi connectivity index (χ1v) is 5.88. The lowest BCUT2D eigenvalue weighted by Crippen LogP contribution is -2.38. The van der Waals surface area contributed by atoms with Crippen LogP contribution in [0.15, 0.2) is 0 Å². The van der Waals surface area contributed by atoms with E-state index in [1.54, 1.807) is 0 Å². The molecule has 0 saturated carbocycles. The summed E-state index contributed by atoms with van der Waals surface area (Å²) in [7, 11) is 4.11. The molecule has 1 heterocycles. The Balaban J connectivity index is 2.34. The summed E-state index contributed by atoms with van der Waals surface area (Å²) < 4.78 is 0. The lowest BCUT2D eigenvalue weighted by atomic mass is 10.2. The maximum absolute atomic E-state index is 9.66. The number of amidine groups is 1. The maximum Gasteiger partial charge on any atom is 0.0905 e. The van der Waals surface area contributed by atoms with Crippen LogP contribution in [0.1, 0.15) is 19.3 Å². The second-order valence-electron chi connectivity index (χ2n) is 4.93. The Hall–Kier alpha value is -0.650. The van der Waals surface area contributed by atoms with Crippen LogP contribution in [0, 0.1) is 5.41 Å². The molecule has 0 radical (unpaired) electrons. The van der Waals surface area contributed by atoms with Gasteiger partial charge in [0.15, 0.2) is 0 Å². The zero-order valence-electron chi connectivity index (χ0n) is 10.3. The average molecular weight is 228 g/mol. The molecule has 0 bridgehead atoms. The van der Waals surface area contributed by atoms with E-state index < -0.39 is 0 Å². The van der Waals surface area contributed by atoms with Gasteiger partial charge in [0.05, 0.1) is 11.9 Å². The number of nitrogens with one attached hydrogen (secondary N) is 1. The van der Waals surface area contributed by atoms with Crippen molar-refractivity contribution >= 4 is 5.84 Å². The quantitative estimate of drug-likeness (QED) is 0.431. The second-order valence-corrected chi connectivity index (χ2v) is 4.93. The lowest BCUT2D eigenvalue weighted by Gasteiger charge is -2.26. The van der Waals surface area contributed by atoms with Gasteiger partial charge < -0.3 is 15.7 Å². The molecule has 1 saturated heterocycles. The van der Waals surface area contributed by atoms with Gasteiger partial charge in [-0.1, -0.05) is 0 Å². The van der Waals surface area contributed by atoms with Gasteiger partial charge in [-0.2, -0.15) is 0 Å². The van der Waals surface area contributed by atoms with E-state index in [1.165, 1.54) is 0 Å². The molecule has 5 nitrogen and oxygen atoms in total. The number of nitrogens with zero attached hydrogens (tertiary/aromatic N) is 2. The summed E-state index contributed by atoms with van der Waals surface area (Å²) in [4.78, 5) is 4.47. The van der Waals surface area contributed by atoms with Crippen molar-refractivity contribution in [2.45, 2.75) is 31.4 Å². The van der Waals surface area contributed by atoms with Gasteiger partial charge in [-0.15, -0.1) is 0 Å². The third-order valence-electron chi connectivity index (χ3n) is 2.97. The zero-order valence-corrected chi connectivity index (χ0v) is 10.3. The lowest BCUT2D eigenvalue weighted by molar-refractivity contribution is 0.172. The smallest absolute Gasteiger partial charge is 0.0905 e. The Bertz CT molecular complexity index is 232. The number of nitrogens with two attached hydrogens (primary N) is 1. The Morgan fingerprint density at radius 1 is 1.56 bits per heavy atom. The minimum atomic E-state index is -0.192. The number of aliphatic hydroxyl groups excluding tert-OH is 1. The van der Waals surface area contributed by atoms with Crippen molar-refractivity contribution in [2.75, 3.05) is 33.7 Å². The Kier molecular flexibility index (Phi) is 5.18. The molecule has 1 rings (SSSR count). The molecule has 0 aromatic carbocycles. The van der Waals surface area contributed by atoms with E-state index in [4.69, 9.17) is 11.1 Å². The maximum atomic E-state index is 9.66. The standard InChI is InChI=1S/C11H24N4O/c1-14(2)7-9-6-10(16)8-15(9)5-3-4-11(12)13/h9-10,16H,3-8H2,1-2H3,(H3,12,13). The molecule has 1 aliphatic rings. The summed E-state index contributed by atoms with van der Waals surface area (Å²) in [6.45, 7) is 2.67. The first-order valence-electron chi connectivity index (χ1n) is 5.88. The third-order valence-corrected chi connectivity index (χ3v) is 2.97. The number of aliphatic hydroxyl groups is 1. The Morgan fingerprint density at radius 2 is 2.25 bits per heavy atom. The summed E-state index contributed by atoms with van der Waals surface area (Å²) in [6.07, 6.45) is 2.23. The molecule has 0 aromatic heterocycles. The van der Waals surface area contributed by atoms with Crippen molar-refractivity contribution in [1.82, 2.24) is 9.80 Å². The van der Waals surface area contributed by atoms with Gasteiger partial charge in [0.1, 0.15) is 0 Å². The number of likely N-dealkylation sites (N-methyl/N-ethyl adjacent to an activating group) is 1. The van der Waals surface area contributed by atoms with Crippen molar-refractivity contribution < 1.29 is 5.11 Å². The van der Waals surface area contributed by atoms with Crippen molar-refractivity contribution in [1.29, 1.82) is 5.41 Å². The van der Waals surface area contributed by atoms with E-state index in [1.807, 2.05) is 0 Å². The molecule has 1 fully saturated rings. The van der Waals surface area contributed by atoms with Crippen LogP contribution in [-0.2, 0) is 0 Å². The summed E-state index contributed by atoms with van der Waals surface area (Å²) in [5.41, 5.74) is 5.33. The van der Waals surface area contributed by atoms with Crippen LogP contribution in [-0.4, -0.2) is 66.6 Å². The molecule has 4 N–H and O–H groups in total. The molecular formula is C11H24N4O. The SMILES string of the molecule is CN(C)CC1CC(O)CN1CCCC(=N)N. The summed E-state index contributed by atoms with van der Waals surface area (Å²) in [6, 6.07) is 0.442. The molecule has 0 aromatic rings. The molecule has 0 aliphatic carbocycles. The first kappa shape index (κ1) is 13.4. The first-order chi connectivity index (χ1) is 7.49. The Labute approximate surface area is 97.7 Å². The normalized spacial score (nSPS) is 26.5. The van der Waals surface area contributed by atoms with Gasteiger partial charge in [0.2, 0.25) is 0 Å². The monoisotopic (exact) mass is 228 g/mol. The fourth-order valence-corrected chi connectivity index (χ4v) is 2.32. The molecule has 94 valence electrons. The summed E-state index contributed by atoms with van der Waals surface area (Å²) >= 11 is 0. The fourth-order valence-electron chi connectivity index (χ4n) is 2.32. The van der Waals surface area contributed by atoms with Crippen LogP contribution in [0.3, 0.4) is 0 Å². The molecule has 1 aliphatic heterocycles. The topological polar surface area (TPSA) is 76.6 Å². The van der Waals surface area contributed by atoms with Crippen LogP contribution >= 0.6 is 0 Å². The number of hydrogen-bond donors (Lipinski definition) is 3. The molecule has 0 amide bonds. The Morgan fingerprint density at radius 3 is 2.81 bits per heavy atom. The minimum Gasteiger partial charge on any atom is -0.392 e. The van der Waals surface area contributed by atoms with Crippen molar-refractivity contribution in [3.8, 4) is 0 Å². The van der Waals surface area contributed by atoms with Crippen LogP contribution in [0.4, 0.5) is 0 Å². The molecule has 16 heavy (non-hydrogen) atoms. The van der Waals surface area contributed by atoms with Crippen molar-refractivity contribution in [3.63, 3.8) is 0 Å². The minimum absolute atomic E-state index is 0.192. The summed E-state index contributed by atoms with van der Waals surface area (Å²) in [5, 5.41) is 16.8. The van der Waals surface area contributed by atoms with E-state index in [0.717, 1.165) is 32.5 Å². The van der Waals surface area contributed by atoms with Crippen molar-refractivity contribution in [2.24, 2.45) is 5.73 Å². The highest BCUT2D eigenvalue weighted by molar-refractivity contribution is 5.76. The van der Waals surface area contributed by atoms with Crippen LogP contribution < -0.4 is 5.73 Å². The summed E-state index contributed by atoms with van der Waals surface area (Å²) in [5.74, 6) is 0.254.